The Bertz CT molecular complexity index is 677. The van der Waals surface area contributed by atoms with Crippen LogP contribution in [0, 0.1) is 5.92 Å². The minimum Gasteiger partial charge on any atom is -0.497 e. The highest BCUT2D eigenvalue weighted by molar-refractivity contribution is 14.0. The number of carbonyl (C=O) groups excluding carboxylic acids is 1. The van der Waals surface area contributed by atoms with E-state index in [4.69, 9.17) is 9.47 Å². The zero-order chi connectivity index (χ0) is 21.2. The summed E-state index contributed by atoms with van der Waals surface area (Å²) in [5.41, 5.74) is 1.09. The fraction of sp³-hybridized carbons (Fsp3) is 0.619. The molecule has 1 aliphatic rings. The third kappa shape index (κ3) is 8.08. The maximum atomic E-state index is 11.6. The van der Waals surface area contributed by atoms with Crippen molar-refractivity contribution in [1.29, 1.82) is 0 Å². The summed E-state index contributed by atoms with van der Waals surface area (Å²) in [6, 6.07) is 6.22. The minimum atomic E-state index is -0.00921. The molecular weight excluding hydrogens is 497 g/mol. The summed E-state index contributed by atoms with van der Waals surface area (Å²) in [5.74, 6) is 2.40. The number of nitrogens with zero attached hydrogens (tertiary/aromatic N) is 2. The number of methoxy groups -OCH3 is 2. The highest BCUT2D eigenvalue weighted by Gasteiger charge is 2.24. The summed E-state index contributed by atoms with van der Waals surface area (Å²) in [6.45, 7) is 9.48. The maximum Gasteiger partial charge on any atom is 0.222 e. The largest absolute Gasteiger partial charge is 0.497 e. The van der Waals surface area contributed by atoms with Crippen LogP contribution in [0.3, 0.4) is 0 Å². The number of carbonyl (C=O) groups is 1. The van der Waals surface area contributed by atoms with Gasteiger partial charge in [0.1, 0.15) is 11.5 Å². The quantitative estimate of drug-likeness (QED) is 0.195. The first kappa shape index (κ1) is 26.1. The van der Waals surface area contributed by atoms with E-state index >= 15 is 0 Å². The molecule has 0 spiro atoms. The van der Waals surface area contributed by atoms with Crippen molar-refractivity contribution in [2.24, 2.45) is 10.9 Å². The Morgan fingerprint density at radius 2 is 1.87 bits per heavy atom. The number of halogens is 1. The van der Waals surface area contributed by atoms with Crippen molar-refractivity contribution in [2.75, 3.05) is 51.8 Å². The third-order valence-corrected chi connectivity index (χ3v) is 4.78. The van der Waals surface area contributed by atoms with Crippen LogP contribution in [0.5, 0.6) is 11.5 Å². The molecule has 2 rings (SSSR count). The van der Waals surface area contributed by atoms with Crippen LogP contribution in [-0.2, 0) is 4.79 Å². The van der Waals surface area contributed by atoms with Gasteiger partial charge in [0.2, 0.25) is 5.91 Å². The second-order valence-electron chi connectivity index (χ2n) is 7.35. The molecule has 1 saturated heterocycles. The lowest BCUT2D eigenvalue weighted by molar-refractivity contribution is -0.123. The Morgan fingerprint density at radius 3 is 2.43 bits per heavy atom. The van der Waals surface area contributed by atoms with E-state index in [-0.39, 0.29) is 41.8 Å². The number of hydrogen-bond acceptors (Lipinski definition) is 5. The van der Waals surface area contributed by atoms with Crippen LogP contribution in [0.1, 0.15) is 27.2 Å². The number of guanidine groups is 1. The van der Waals surface area contributed by atoms with Crippen molar-refractivity contribution >= 4 is 41.5 Å². The van der Waals surface area contributed by atoms with Gasteiger partial charge >= 0.3 is 0 Å². The Kier molecular flexibility index (Phi) is 11.7. The Balaban J connectivity index is 0.00000450. The van der Waals surface area contributed by atoms with Crippen molar-refractivity contribution in [3.05, 3.63) is 18.2 Å². The summed E-state index contributed by atoms with van der Waals surface area (Å²) in [5, 5.41) is 9.68. The zero-order valence-electron chi connectivity index (χ0n) is 18.7. The van der Waals surface area contributed by atoms with Gasteiger partial charge in [-0.25, -0.2) is 0 Å². The number of anilines is 1. The predicted molar refractivity (Wildman–Crippen MR) is 133 cm³/mol. The number of rotatable bonds is 9. The van der Waals surface area contributed by atoms with Crippen LogP contribution in [0.4, 0.5) is 5.69 Å². The molecule has 1 heterocycles. The van der Waals surface area contributed by atoms with Gasteiger partial charge in [-0.15, -0.1) is 24.0 Å². The van der Waals surface area contributed by atoms with Gasteiger partial charge in [0.15, 0.2) is 5.96 Å². The summed E-state index contributed by atoms with van der Waals surface area (Å²) >= 11 is 0. The molecular formula is C21H36IN5O3. The fourth-order valence-electron chi connectivity index (χ4n) is 3.15. The number of benzene rings is 1. The first-order valence-electron chi connectivity index (χ1n) is 10.3. The monoisotopic (exact) mass is 533 g/mol. The lowest BCUT2D eigenvalue weighted by Gasteiger charge is -2.21. The van der Waals surface area contributed by atoms with Gasteiger partial charge in [-0.3, -0.25) is 9.79 Å². The van der Waals surface area contributed by atoms with Gasteiger partial charge < -0.3 is 30.3 Å². The van der Waals surface area contributed by atoms with E-state index in [1.165, 1.54) is 0 Å². The average molecular weight is 533 g/mol. The van der Waals surface area contributed by atoms with Gasteiger partial charge in [-0.2, -0.15) is 0 Å². The van der Waals surface area contributed by atoms with Crippen LogP contribution in [0.2, 0.25) is 0 Å². The first-order chi connectivity index (χ1) is 14.0. The summed E-state index contributed by atoms with van der Waals surface area (Å²) in [6.07, 6.45) is 1.01. The molecule has 1 amide bonds. The summed E-state index contributed by atoms with van der Waals surface area (Å²) in [7, 11) is 3.32. The van der Waals surface area contributed by atoms with Crippen LogP contribution in [-0.4, -0.2) is 64.9 Å². The molecule has 3 N–H and O–H groups in total. The molecule has 1 aromatic carbocycles. The SMILES string of the molecule is CCNC(=NCCNC(=O)C(C)C)NC1CCN(c2cc(OC)cc(OC)c2)C1.I. The Hall–Kier alpha value is -1.91. The second kappa shape index (κ2) is 13.4. The van der Waals surface area contributed by atoms with E-state index in [1.807, 2.05) is 39.0 Å². The fourth-order valence-corrected chi connectivity index (χ4v) is 3.15. The van der Waals surface area contributed by atoms with Crippen LogP contribution in [0.25, 0.3) is 0 Å². The van der Waals surface area contributed by atoms with Gasteiger partial charge in [-0.05, 0) is 13.3 Å². The van der Waals surface area contributed by atoms with E-state index in [9.17, 15) is 4.79 Å². The molecule has 1 fully saturated rings. The molecule has 9 heteroatoms. The molecule has 8 nitrogen and oxygen atoms in total. The molecule has 30 heavy (non-hydrogen) atoms. The molecule has 0 radical (unpaired) electrons. The van der Waals surface area contributed by atoms with E-state index in [2.05, 4.69) is 25.8 Å². The molecule has 1 atom stereocenters. The predicted octanol–water partition coefficient (Wildman–Crippen LogP) is 2.23. The number of amides is 1. The summed E-state index contributed by atoms with van der Waals surface area (Å²) < 4.78 is 10.8. The molecule has 1 aromatic rings. The van der Waals surface area contributed by atoms with E-state index in [0.717, 1.165) is 49.2 Å². The van der Waals surface area contributed by atoms with Gasteiger partial charge in [0.05, 0.1) is 20.8 Å². The minimum absolute atomic E-state index is 0. The highest BCUT2D eigenvalue weighted by atomic mass is 127. The lowest BCUT2D eigenvalue weighted by atomic mass is 10.2. The smallest absolute Gasteiger partial charge is 0.222 e. The zero-order valence-corrected chi connectivity index (χ0v) is 21.0. The van der Waals surface area contributed by atoms with Crippen molar-refractivity contribution in [2.45, 2.75) is 33.2 Å². The molecule has 1 unspecified atom stereocenters. The molecule has 0 aromatic heterocycles. The van der Waals surface area contributed by atoms with Crippen molar-refractivity contribution in [3.8, 4) is 11.5 Å². The van der Waals surface area contributed by atoms with Gasteiger partial charge in [0.25, 0.3) is 0 Å². The summed E-state index contributed by atoms with van der Waals surface area (Å²) in [4.78, 5) is 18.5. The third-order valence-electron chi connectivity index (χ3n) is 4.78. The van der Waals surface area contributed by atoms with Crippen LogP contribution < -0.4 is 30.3 Å². The highest BCUT2D eigenvalue weighted by Crippen LogP contribution is 2.30. The number of ether oxygens (including phenoxy) is 2. The number of aliphatic imine (C=N–C) groups is 1. The van der Waals surface area contributed by atoms with Gasteiger partial charge in [0, 0.05) is 62.0 Å². The first-order valence-corrected chi connectivity index (χ1v) is 10.3. The van der Waals surface area contributed by atoms with Gasteiger partial charge in [-0.1, -0.05) is 13.8 Å². The number of hydrogen-bond donors (Lipinski definition) is 3. The van der Waals surface area contributed by atoms with Crippen molar-refractivity contribution < 1.29 is 14.3 Å². The standard InChI is InChI=1S/C21H35N5O3.HI/c1-6-22-21(24-9-8-23-20(27)15(2)3)25-16-7-10-26(14-16)17-11-18(28-4)13-19(12-17)29-5;/h11-13,15-16H,6-10,14H2,1-5H3,(H,23,27)(H2,22,24,25);1H. The lowest BCUT2D eigenvalue weighted by Crippen LogP contribution is -2.45. The van der Waals surface area contributed by atoms with Crippen molar-refractivity contribution in [1.82, 2.24) is 16.0 Å². The topological polar surface area (TPSA) is 87.2 Å². The Labute approximate surface area is 197 Å². The molecule has 1 aliphatic heterocycles. The average Bonchev–Trinajstić information content (AvgIpc) is 3.19. The molecule has 170 valence electrons. The normalized spacial score (nSPS) is 16.1. The molecule has 0 saturated carbocycles. The Morgan fingerprint density at radius 1 is 1.20 bits per heavy atom. The second-order valence-corrected chi connectivity index (χ2v) is 7.35. The molecule has 0 bridgehead atoms. The van der Waals surface area contributed by atoms with Crippen LogP contribution >= 0.6 is 24.0 Å². The number of nitrogens with one attached hydrogen (secondary N) is 3. The van der Waals surface area contributed by atoms with E-state index in [1.54, 1.807) is 14.2 Å². The molecule has 0 aliphatic carbocycles. The van der Waals surface area contributed by atoms with E-state index in [0.29, 0.717) is 13.1 Å². The van der Waals surface area contributed by atoms with Crippen molar-refractivity contribution in [3.63, 3.8) is 0 Å². The maximum absolute atomic E-state index is 11.6. The van der Waals surface area contributed by atoms with E-state index < -0.39 is 0 Å². The van der Waals surface area contributed by atoms with Crippen LogP contribution in [0.15, 0.2) is 23.2 Å².